The van der Waals surface area contributed by atoms with Gasteiger partial charge in [0.15, 0.2) is 0 Å². The van der Waals surface area contributed by atoms with Gasteiger partial charge in [-0.3, -0.25) is 4.90 Å². The minimum absolute atomic E-state index is 0.210. The van der Waals surface area contributed by atoms with Crippen LogP contribution >= 0.6 is 11.6 Å². The number of aryl methyl sites for hydroxylation is 1. The first-order valence-electron chi connectivity index (χ1n) is 14.0. The lowest BCUT2D eigenvalue weighted by Crippen LogP contribution is -2.46. The largest absolute Gasteiger partial charge is 0.573 e. The van der Waals surface area contributed by atoms with Gasteiger partial charge in [-0.2, -0.15) is 0 Å². The van der Waals surface area contributed by atoms with Gasteiger partial charge in [-0.25, -0.2) is 0 Å². The van der Waals surface area contributed by atoms with E-state index in [9.17, 15) is 13.2 Å². The maximum absolute atomic E-state index is 12.7. The van der Waals surface area contributed by atoms with E-state index in [1.54, 1.807) is 12.1 Å². The van der Waals surface area contributed by atoms with E-state index in [0.717, 1.165) is 86.7 Å². The number of rotatable bonds is 10. The van der Waals surface area contributed by atoms with Crippen molar-refractivity contribution >= 4 is 22.5 Å². The fourth-order valence-corrected chi connectivity index (χ4v) is 5.75. The van der Waals surface area contributed by atoms with Crippen LogP contribution in [0.4, 0.5) is 13.2 Å². The number of hydrogen-bond donors (Lipinski definition) is 0. The van der Waals surface area contributed by atoms with Crippen LogP contribution in [0.25, 0.3) is 22.0 Å². The highest BCUT2D eigenvalue weighted by molar-refractivity contribution is 6.31. The Morgan fingerprint density at radius 3 is 2.23 bits per heavy atom. The predicted molar refractivity (Wildman–Crippen MR) is 156 cm³/mol. The molecule has 1 fully saturated rings. The molecule has 3 aromatic carbocycles. The molecule has 212 valence electrons. The first-order chi connectivity index (χ1) is 19.3. The van der Waals surface area contributed by atoms with Crippen molar-refractivity contribution in [3.05, 3.63) is 89.1 Å². The summed E-state index contributed by atoms with van der Waals surface area (Å²) in [5, 5.41) is 2.00. The lowest BCUT2D eigenvalue weighted by Gasteiger charge is -2.35. The lowest BCUT2D eigenvalue weighted by molar-refractivity contribution is -0.274. The molecule has 2 heterocycles. The molecular formula is C32H35ClF3N3O. The molecular weight excluding hydrogens is 535 g/mol. The molecule has 0 saturated carbocycles. The molecule has 1 aromatic heterocycles. The zero-order valence-electron chi connectivity index (χ0n) is 22.8. The average molecular weight is 570 g/mol. The van der Waals surface area contributed by atoms with E-state index in [-0.39, 0.29) is 5.75 Å². The maximum Gasteiger partial charge on any atom is 0.573 e. The van der Waals surface area contributed by atoms with Crippen LogP contribution in [-0.2, 0) is 19.5 Å². The van der Waals surface area contributed by atoms with Gasteiger partial charge in [-0.05, 0) is 53.8 Å². The Morgan fingerprint density at radius 1 is 0.825 bits per heavy atom. The summed E-state index contributed by atoms with van der Waals surface area (Å²) in [7, 11) is 0. The fourth-order valence-electron chi connectivity index (χ4n) is 5.52. The molecule has 1 aliphatic rings. The van der Waals surface area contributed by atoms with E-state index in [1.807, 2.05) is 18.2 Å². The van der Waals surface area contributed by atoms with E-state index in [0.29, 0.717) is 0 Å². The summed E-state index contributed by atoms with van der Waals surface area (Å²) in [6, 6.07) is 20.7. The van der Waals surface area contributed by atoms with Gasteiger partial charge < -0.3 is 14.2 Å². The summed E-state index contributed by atoms with van der Waals surface area (Å²) < 4.78 is 44.5. The summed E-state index contributed by atoms with van der Waals surface area (Å²) >= 11 is 6.34. The van der Waals surface area contributed by atoms with Crippen LogP contribution in [0.15, 0.2) is 72.9 Å². The summed E-state index contributed by atoms with van der Waals surface area (Å²) in [6.07, 6.45) is 0.529. The van der Waals surface area contributed by atoms with Crippen LogP contribution in [0.2, 0.25) is 5.02 Å². The number of unbranched alkanes of at least 4 members (excludes halogenated alkanes) is 1. The van der Waals surface area contributed by atoms with E-state index < -0.39 is 6.36 Å². The zero-order chi connectivity index (χ0) is 28.1. The highest BCUT2D eigenvalue weighted by Crippen LogP contribution is 2.35. The van der Waals surface area contributed by atoms with Gasteiger partial charge in [0.25, 0.3) is 0 Å². The van der Waals surface area contributed by atoms with E-state index in [1.165, 1.54) is 28.6 Å². The van der Waals surface area contributed by atoms with Crippen molar-refractivity contribution in [2.45, 2.75) is 45.6 Å². The van der Waals surface area contributed by atoms with Gasteiger partial charge in [0.2, 0.25) is 0 Å². The predicted octanol–water partition coefficient (Wildman–Crippen LogP) is 8.02. The Balaban J connectivity index is 1.33. The molecule has 4 aromatic rings. The van der Waals surface area contributed by atoms with Crippen LogP contribution in [0.1, 0.15) is 30.9 Å². The number of benzene rings is 3. The topological polar surface area (TPSA) is 20.6 Å². The third kappa shape index (κ3) is 7.00. The van der Waals surface area contributed by atoms with Crippen LogP contribution < -0.4 is 4.74 Å². The highest BCUT2D eigenvalue weighted by atomic mass is 35.5. The Hall–Kier alpha value is -3.00. The Labute approximate surface area is 238 Å². The van der Waals surface area contributed by atoms with E-state index in [2.05, 4.69) is 56.5 Å². The quantitative estimate of drug-likeness (QED) is 0.193. The van der Waals surface area contributed by atoms with Gasteiger partial charge >= 0.3 is 6.36 Å². The van der Waals surface area contributed by atoms with Crippen LogP contribution in [0.5, 0.6) is 5.75 Å². The number of ether oxygens (including phenoxy) is 1. The standard InChI is InChI=1S/C32H35ClF3N3O/c1-2-3-16-39-23-28(24-11-13-27(14-12-24)40-32(34,35)36)31-26(8-6-10-30(31)39)22-38-20-18-37(19-21-38)17-15-25-7-4-5-9-29(25)33/h4-14,23H,2-3,15-22H2,1H3. The minimum atomic E-state index is -4.70. The molecule has 0 spiro atoms. The van der Waals surface area contributed by atoms with Gasteiger partial charge in [-0.1, -0.05) is 67.4 Å². The second kappa shape index (κ2) is 12.7. The number of halogens is 4. The molecule has 0 aliphatic carbocycles. The second-order valence-corrected chi connectivity index (χ2v) is 10.8. The molecule has 0 radical (unpaired) electrons. The number of nitrogens with zero attached hydrogens (tertiary/aromatic N) is 3. The molecule has 8 heteroatoms. The number of fused-ring (bicyclic) bond motifs is 1. The third-order valence-corrected chi connectivity index (χ3v) is 8.03. The smallest absolute Gasteiger partial charge is 0.406 e. The zero-order valence-corrected chi connectivity index (χ0v) is 23.5. The Kier molecular flexibility index (Phi) is 9.03. The molecule has 0 bridgehead atoms. The molecule has 0 N–H and O–H groups in total. The number of hydrogen-bond acceptors (Lipinski definition) is 3. The fraction of sp³-hybridized carbons (Fsp3) is 0.375. The van der Waals surface area contributed by atoms with Crippen molar-refractivity contribution < 1.29 is 17.9 Å². The molecule has 0 amide bonds. The second-order valence-electron chi connectivity index (χ2n) is 10.4. The van der Waals surface area contributed by atoms with Crippen LogP contribution in [0.3, 0.4) is 0 Å². The lowest BCUT2D eigenvalue weighted by atomic mass is 10.00. The van der Waals surface area contributed by atoms with E-state index >= 15 is 0 Å². The van der Waals surface area contributed by atoms with Gasteiger partial charge in [0.1, 0.15) is 5.75 Å². The van der Waals surface area contributed by atoms with Crippen LogP contribution in [-0.4, -0.2) is 53.5 Å². The van der Waals surface area contributed by atoms with Crippen molar-refractivity contribution in [1.29, 1.82) is 0 Å². The maximum atomic E-state index is 12.7. The average Bonchev–Trinajstić information content (AvgIpc) is 3.31. The molecule has 0 unspecified atom stereocenters. The number of piperazine rings is 1. The minimum Gasteiger partial charge on any atom is -0.406 e. The van der Waals surface area contributed by atoms with Crippen molar-refractivity contribution in [2.75, 3.05) is 32.7 Å². The van der Waals surface area contributed by atoms with Crippen molar-refractivity contribution in [2.24, 2.45) is 0 Å². The molecule has 1 aliphatic heterocycles. The molecule has 5 rings (SSSR count). The van der Waals surface area contributed by atoms with Crippen molar-refractivity contribution in [1.82, 2.24) is 14.4 Å². The summed E-state index contributed by atoms with van der Waals surface area (Å²) in [5.74, 6) is -0.210. The van der Waals surface area contributed by atoms with Crippen molar-refractivity contribution in [3.63, 3.8) is 0 Å². The Morgan fingerprint density at radius 2 is 1.52 bits per heavy atom. The number of aromatic nitrogens is 1. The van der Waals surface area contributed by atoms with Crippen LogP contribution in [0, 0.1) is 0 Å². The molecule has 4 nitrogen and oxygen atoms in total. The monoisotopic (exact) mass is 569 g/mol. The first-order valence-corrected chi connectivity index (χ1v) is 14.3. The van der Waals surface area contributed by atoms with E-state index in [4.69, 9.17) is 11.6 Å². The highest BCUT2D eigenvalue weighted by Gasteiger charge is 2.31. The van der Waals surface area contributed by atoms with Gasteiger partial charge in [0, 0.05) is 73.5 Å². The third-order valence-electron chi connectivity index (χ3n) is 7.66. The van der Waals surface area contributed by atoms with Crippen molar-refractivity contribution in [3.8, 4) is 16.9 Å². The Bertz CT molecular complexity index is 1410. The molecule has 40 heavy (non-hydrogen) atoms. The SMILES string of the molecule is CCCCn1cc(-c2ccc(OC(F)(F)F)cc2)c2c(CN3CCN(CCc4ccccc4Cl)CC3)cccc21. The number of alkyl halides is 3. The summed E-state index contributed by atoms with van der Waals surface area (Å²) in [6.45, 7) is 8.86. The first kappa shape index (κ1) is 28.5. The molecule has 1 saturated heterocycles. The summed E-state index contributed by atoms with van der Waals surface area (Å²) in [5.41, 5.74) is 5.51. The molecule has 0 atom stereocenters. The van der Waals surface area contributed by atoms with Gasteiger partial charge in [0.05, 0.1) is 0 Å². The summed E-state index contributed by atoms with van der Waals surface area (Å²) in [4.78, 5) is 4.99. The normalized spacial score (nSPS) is 15.1. The van der Waals surface area contributed by atoms with Gasteiger partial charge in [-0.15, -0.1) is 13.2 Å².